The Balaban J connectivity index is -0.000000980. The number of aliphatic hydroxyl groups is 1. The quantitative estimate of drug-likeness (QED) is 0.372. The molecule has 1 atom stereocenters. The summed E-state index contributed by atoms with van der Waals surface area (Å²) in [7, 11) is 0. The average molecular weight is 264 g/mol. The first kappa shape index (κ1) is 22.5. The van der Waals surface area contributed by atoms with Gasteiger partial charge >= 0.3 is 65.1 Å². The van der Waals surface area contributed by atoms with Crippen molar-refractivity contribution in [3.8, 4) is 0 Å². The number of carboxylic acid groups (broad SMARTS) is 2. The number of carboxylic acids is 2. The standard InChI is InChI=1S/C8H12O7.2Na/c1-2-15-6(11)4-8(14,7(12)13)3-5(9)10;;/h14H,2-4H2,1H3,(H,9,10)(H,12,13);;/q;2*+1/p-2. The largest absolute Gasteiger partial charge is 1.00 e. The maximum absolute atomic E-state index is 10.9. The van der Waals surface area contributed by atoms with Crippen molar-refractivity contribution in [3.63, 3.8) is 0 Å². The van der Waals surface area contributed by atoms with Crippen molar-refractivity contribution in [1.29, 1.82) is 0 Å². The Morgan fingerprint density at radius 2 is 1.65 bits per heavy atom. The molecule has 0 heterocycles. The first-order chi connectivity index (χ1) is 6.81. The second kappa shape index (κ2) is 10.3. The molecule has 0 aliphatic rings. The molecule has 0 aromatic carbocycles. The van der Waals surface area contributed by atoms with E-state index in [1.807, 2.05) is 0 Å². The molecule has 9 heteroatoms. The van der Waals surface area contributed by atoms with Crippen LogP contribution in [-0.4, -0.2) is 35.2 Å². The van der Waals surface area contributed by atoms with Gasteiger partial charge in [0.15, 0.2) is 0 Å². The van der Waals surface area contributed by atoms with Crippen LogP contribution in [0.5, 0.6) is 0 Å². The molecule has 0 bridgehead atoms. The van der Waals surface area contributed by atoms with Gasteiger partial charge in [0.25, 0.3) is 0 Å². The minimum absolute atomic E-state index is 0. The summed E-state index contributed by atoms with van der Waals surface area (Å²) in [5.74, 6) is -4.88. The zero-order valence-corrected chi connectivity index (χ0v) is 14.0. The number of aliphatic carboxylic acids is 2. The minimum Gasteiger partial charge on any atom is -0.550 e. The number of hydrogen-bond donors (Lipinski definition) is 1. The SMILES string of the molecule is CCOC(=O)CC(O)(CC(=O)[O-])C(=O)[O-].[Na+].[Na+]. The summed E-state index contributed by atoms with van der Waals surface area (Å²) in [6.45, 7) is 1.47. The van der Waals surface area contributed by atoms with Crippen LogP contribution < -0.4 is 69.3 Å². The summed E-state index contributed by atoms with van der Waals surface area (Å²) in [5.41, 5.74) is -2.79. The zero-order chi connectivity index (χ0) is 12.1. The van der Waals surface area contributed by atoms with Crippen molar-refractivity contribution >= 4 is 17.9 Å². The van der Waals surface area contributed by atoms with Gasteiger partial charge in [-0.2, -0.15) is 0 Å². The maximum Gasteiger partial charge on any atom is 1.00 e. The Labute approximate surface area is 142 Å². The average Bonchev–Trinajstić information content (AvgIpc) is 2.01. The fourth-order valence-corrected chi connectivity index (χ4v) is 0.896. The van der Waals surface area contributed by atoms with E-state index in [0.29, 0.717) is 0 Å². The number of carbonyl (C=O) groups excluding carboxylic acids is 3. The smallest absolute Gasteiger partial charge is 0.550 e. The van der Waals surface area contributed by atoms with E-state index in [2.05, 4.69) is 4.74 Å². The van der Waals surface area contributed by atoms with Crippen LogP contribution in [0.1, 0.15) is 19.8 Å². The summed E-state index contributed by atoms with van der Waals surface area (Å²) in [6, 6.07) is 0. The van der Waals surface area contributed by atoms with E-state index in [1.54, 1.807) is 0 Å². The van der Waals surface area contributed by atoms with Gasteiger partial charge in [-0.3, -0.25) is 4.79 Å². The monoisotopic (exact) mass is 264 g/mol. The summed E-state index contributed by atoms with van der Waals surface area (Å²) < 4.78 is 4.37. The van der Waals surface area contributed by atoms with Crippen LogP contribution >= 0.6 is 0 Å². The molecule has 1 unspecified atom stereocenters. The molecular weight excluding hydrogens is 254 g/mol. The van der Waals surface area contributed by atoms with E-state index in [0.717, 1.165) is 0 Å². The maximum atomic E-state index is 10.9. The molecule has 0 aliphatic carbocycles. The fraction of sp³-hybridized carbons (Fsp3) is 0.625. The summed E-state index contributed by atoms with van der Waals surface area (Å²) in [6.07, 6.45) is -2.22. The van der Waals surface area contributed by atoms with Gasteiger partial charge in [-0.15, -0.1) is 0 Å². The van der Waals surface area contributed by atoms with Crippen molar-refractivity contribution in [2.45, 2.75) is 25.4 Å². The molecule has 86 valence electrons. The summed E-state index contributed by atoms with van der Waals surface area (Å²) >= 11 is 0. The van der Waals surface area contributed by atoms with Crippen LogP contribution in [0.2, 0.25) is 0 Å². The zero-order valence-electron chi connectivity index (χ0n) is 10.0. The molecule has 0 spiro atoms. The van der Waals surface area contributed by atoms with Crippen LogP contribution in [0.4, 0.5) is 0 Å². The molecule has 0 radical (unpaired) electrons. The molecule has 0 aromatic heterocycles. The topological polar surface area (TPSA) is 127 Å². The van der Waals surface area contributed by atoms with Gasteiger partial charge in [-0.05, 0) is 6.92 Å². The molecule has 0 saturated heterocycles. The van der Waals surface area contributed by atoms with Gasteiger partial charge in [0, 0.05) is 12.4 Å². The van der Waals surface area contributed by atoms with Gasteiger partial charge < -0.3 is 29.6 Å². The number of carbonyl (C=O) groups is 3. The predicted molar refractivity (Wildman–Crippen MR) is 40.8 cm³/mol. The Kier molecular flexibility index (Phi) is 13.7. The predicted octanol–water partition coefficient (Wildman–Crippen LogP) is -9.43. The Hall–Kier alpha value is 0.370. The van der Waals surface area contributed by atoms with Gasteiger partial charge in [0.1, 0.15) is 5.60 Å². The molecule has 0 fully saturated rings. The Morgan fingerprint density at radius 1 is 1.18 bits per heavy atom. The van der Waals surface area contributed by atoms with Crippen molar-refractivity contribution < 1.29 is 93.6 Å². The normalized spacial score (nSPS) is 12.4. The Bertz CT molecular complexity index is 281. The first-order valence-corrected chi connectivity index (χ1v) is 4.11. The van der Waals surface area contributed by atoms with E-state index >= 15 is 0 Å². The molecule has 0 saturated carbocycles. The minimum atomic E-state index is -2.79. The van der Waals surface area contributed by atoms with Gasteiger partial charge in [-0.25, -0.2) is 0 Å². The molecule has 0 aromatic rings. The van der Waals surface area contributed by atoms with Gasteiger partial charge in [-0.1, -0.05) is 0 Å². The summed E-state index contributed by atoms with van der Waals surface area (Å²) in [5, 5.41) is 29.9. The van der Waals surface area contributed by atoms with Gasteiger partial charge in [0.2, 0.25) is 0 Å². The molecule has 0 amide bonds. The molecule has 0 aliphatic heterocycles. The molecule has 0 rings (SSSR count). The van der Waals surface area contributed by atoms with E-state index in [4.69, 9.17) is 0 Å². The number of rotatable bonds is 6. The van der Waals surface area contributed by atoms with E-state index < -0.39 is 36.4 Å². The third-order valence-corrected chi connectivity index (χ3v) is 1.56. The second-order valence-electron chi connectivity index (χ2n) is 2.85. The third kappa shape index (κ3) is 9.01. The Morgan fingerprint density at radius 3 is 1.94 bits per heavy atom. The number of ether oxygens (including phenoxy) is 1. The van der Waals surface area contributed by atoms with Crippen LogP contribution in [0.3, 0.4) is 0 Å². The van der Waals surface area contributed by atoms with Crippen LogP contribution in [0.15, 0.2) is 0 Å². The van der Waals surface area contributed by atoms with E-state index in [-0.39, 0.29) is 65.7 Å². The van der Waals surface area contributed by atoms with Crippen molar-refractivity contribution in [3.05, 3.63) is 0 Å². The van der Waals surface area contributed by atoms with Crippen LogP contribution in [0, 0.1) is 0 Å². The molecular formula is C8H10Na2O7. The first-order valence-electron chi connectivity index (χ1n) is 4.11. The number of esters is 1. The second-order valence-corrected chi connectivity index (χ2v) is 2.85. The number of hydrogen-bond acceptors (Lipinski definition) is 7. The molecule has 1 N–H and O–H groups in total. The van der Waals surface area contributed by atoms with Crippen LogP contribution in [-0.2, 0) is 19.1 Å². The third-order valence-electron chi connectivity index (χ3n) is 1.56. The summed E-state index contributed by atoms with van der Waals surface area (Å²) in [4.78, 5) is 31.4. The van der Waals surface area contributed by atoms with Crippen LogP contribution in [0.25, 0.3) is 0 Å². The molecule has 17 heavy (non-hydrogen) atoms. The molecule has 7 nitrogen and oxygen atoms in total. The van der Waals surface area contributed by atoms with Crippen molar-refractivity contribution in [1.82, 2.24) is 0 Å². The fourth-order valence-electron chi connectivity index (χ4n) is 0.896. The van der Waals surface area contributed by atoms with Crippen molar-refractivity contribution in [2.75, 3.05) is 6.61 Å². The van der Waals surface area contributed by atoms with Crippen molar-refractivity contribution in [2.24, 2.45) is 0 Å². The van der Waals surface area contributed by atoms with Gasteiger partial charge in [0.05, 0.1) is 19.0 Å². The van der Waals surface area contributed by atoms with E-state index in [1.165, 1.54) is 6.92 Å². The van der Waals surface area contributed by atoms with E-state index in [9.17, 15) is 29.7 Å².